The topological polar surface area (TPSA) is 56.8 Å². The number of nitriles is 2. The lowest BCUT2D eigenvalue weighted by Crippen LogP contribution is -2.18. The summed E-state index contributed by atoms with van der Waals surface area (Å²) in [6.07, 6.45) is 1.55. The molecule has 1 aromatic rings. The summed E-state index contributed by atoms with van der Waals surface area (Å²) in [4.78, 5) is 0. The molecule has 0 fully saturated rings. The normalized spacial score (nSPS) is 22.7. The minimum absolute atomic E-state index is 0.190. The van der Waals surface area contributed by atoms with E-state index < -0.39 is 0 Å². The molecule has 1 aliphatic carbocycles. The van der Waals surface area contributed by atoms with Crippen molar-refractivity contribution in [1.29, 1.82) is 10.5 Å². The third-order valence-electron chi connectivity index (χ3n) is 3.14. The fourth-order valence-corrected chi connectivity index (χ4v) is 2.31. The molecule has 0 saturated heterocycles. The summed E-state index contributed by atoms with van der Waals surface area (Å²) in [7, 11) is 1.63. The van der Waals surface area contributed by atoms with Gasteiger partial charge in [0.25, 0.3) is 0 Å². The standard InChI is InChI=1S/C13H12N2O/c1-16-13-4-2-3-10-11(13)6-5-9(7-14)12(10)8-15/h2-4,9,12H,5-6H2,1H3/t9-,12+/m0/s1. The Morgan fingerprint density at radius 2 is 2.12 bits per heavy atom. The molecule has 0 N–H and O–H groups in total. The molecule has 1 aromatic carbocycles. The highest BCUT2D eigenvalue weighted by atomic mass is 16.5. The average Bonchev–Trinajstić information content (AvgIpc) is 2.36. The summed E-state index contributed by atoms with van der Waals surface area (Å²) in [6.45, 7) is 0. The van der Waals surface area contributed by atoms with E-state index >= 15 is 0 Å². The summed E-state index contributed by atoms with van der Waals surface area (Å²) >= 11 is 0. The van der Waals surface area contributed by atoms with Crippen LogP contribution in [0, 0.1) is 28.6 Å². The van der Waals surface area contributed by atoms with E-state index in [-0.39, 0.29) is 11.8 Å². The van der Waals surface area contributed by atoms with Gasteiger partial charge in [0, 0.05) is 0 Å². The SMILES string of the molecule is COc1cccc2c1CC[C@@H](C#N)[C@H]2C#N. The molecule has 0 saturated carbocycles. The van der Waals surface area contributed by atoms with Crippen LogP contribution in [0.25, 0.3) is 0 Å². The van der Waals surface area contributed by atoms with E-state index in [9.17, 15) is 0 Å². The summed E-state index contributed by atoms with van der Waals surface area (Å²) in [6, 6.07) is 10.2. The molecule has 0 bridgehead atoms. The summed E-state index contributed by atoms with van der Waals surface area (Å²) in [5.41, 5.74) is 2.04. The Kier molecular flexibility index (Phi) is 2.79. The van der Waals surface area contributed by atoms with E-state index in [2.05, 4.69) is 12.1 Å². The third-order valence-corrected chi connectivity index (χ3v) is 3.14. The summed E-state index contributed by atoms with van der Waals surface area (Å²) in [5, 5.41) is 18.2. The first-order valence-corrected chi connectivity index (χ1v) is 5.26. The molecule has 16 heavy (non-hydrogen) atoms. The molecular formula is C13H12N2O. The molecule has 0 radical (unpaired) electrons. The van der Waals surface area contributed by atoms with Crippen molar-refractivity contribution in [2.24, 2.45) is 5.92 Å². The fraction of sp³-hybridized carbons (Fsp3) is 0.385. The van der Waals surface area contributed by atoms with Gasteiger partial charge in [0.2, 0.25) is 0 Å². The second kappa shape index (κ2) is 4.24. The highest BCUT2D eigenvalue weighted by molar-refractivity contribution is 5.46. The molecular weight excluding hydrogens is 200 g/mol. The molecule has 1 aliphatic rings. The maximum Gasteiger partial charge on any atom is 0.122 e. The van der Waals surface area contributed by atoms with Crippen LogP contribution in [-0.4, -0.2) is 7.11 Å². The lowest BCUT2D eigenvalue weighted by Gasteiger charge is -2.25. The lowest BCUT2D eigenvalue weighted by atomic mass is 9.76. The molecule has 2 rings (SSSR count). The second-order valence-corrected chi connectivity index (χ2v) is 3.91. The van der Waals surface area contributed by atoms with Crippen molar-refractivity contribution in [2.45, 2.75) is 18.8 Å². The first-order valence-electron chi connectivity index (χ1n) is 5.26. The Hall–Kier alpha value is -2.00. The number of ether oxygens (including phenoxy) is 1. The number of rotatable bonds is 1. The van der Waals surface area contributed by atoms with Gasteiger partial charge in [-0.05, 0) is 30.0 Å². The number of nitrogens with zero attached hydrogens (tertiary/aromatic N) is 2. The summed E-state index contributed by atoms with van der Waals surface area (Å²) in [5.74, 6) is 0.322. The predicted octanol–water partition coefficient (Wildman–Crippen LogP) is 2.39. The van der Waals surface area contributed by atoms with Crippen molar-refractivity contribution in [2.75, 3.05) is 7.11 Å². The molecule has 0 heterocycles. The zero-order chi connectivity index (χ0) is 11.5. The van der Waals surface area contributed by atoms with Gasteiger partial charge in [-0.3, -0.25) is 0 Å². The van der Waals surface area contributed by atoms with Gasteiger partial charge < -0.3 is 4.74 Å². The van der Waals surface area contributed by atoms with Crippen molar-refractivity contribution in [1.82, 2.24) is 0 Å². The van der Waals surface area contributed by atoms with Crippen molar-refractivity contribution < 1.29 is 4.74 Å². The lowest BCUT2D eigenvalue weighted by molar-refractivity contribution is 0.400. The molecule has 0 amide bonds. The zero-order valence-electron chi connectivity index (χ0n) is 9.10. The summed E-state index contributed by atoms with van der Waals surface area (Å²) < 4.78 is 5.28. The monoisotopic (exact) mass is 212 g/mol. The van der Waals surface area contributed by atoms with Gasteiger partial charge in [-0.15, -0.1) is 0 Å². The Balaban J connectivity index is 2.52. The zero-order valence-corrected chi connectivity index (χ0v) is 9.10. The number of hydrogen-bond donors (Lipinski definition) is 0. The highest BCUT2D eigenvalue weighted by Crippen LogP contribution is 2.39. The van der Waals surface area contributed by atoms with Crippen LogP contribution in [0.4, 0.5) is 0 Å². The van der Waals surface area contributed by atoms with Gasteiger partial charge in [0.1, 0.15) is 5.75 Å². The smallest absolute Gasteiger partial charge is 0.122 e. The van der Waals surface area contributed by atoms with Crippen LogP contribution in [0.3, 0.4) is 0 Å². The van der Waals surface area contributed by atoms with Gasteiger partial charge >= 0.3 is 0 Å². The van der Waals surface area contributed by atoms with Crippen LogP contribution in [-0.2, 0) is 6.42 Å². The van der Waals surface area contributed by atoms with Crippen molar-refractivity contribution in [3.05, 3.63) is 29.3 Å². The van der Waals surface area contributed by atoms with E-state index in [4.69, 9.17) is 15.3 Å². The second-order valence-electron chi connectivity index (χ2n) is 3.91. The Morgan fingerprint density at radius 3 is 2.75 bits per heavy atom. The maximum absolute atomic E-state index is 9.16. The minimum Gasteiger partial charge on any atom is -0.496 e. The number of fused-ring (bicyclic) bond motifs is 1. The van der Waals surface area contributed by atoms with E-state index in [1.165, 1.54) is 0 Å². The molecule has 2 atom stereocenters. The van der Waals surface area contributed by atoms with E-state index in [1.807, 2.05) is 18.2 Å². The first kappa shape index (κ1) is 10.5. The van der Waals surface area contributed by atoms with Crippen LogP contribution in [0.1, 0.15) is 23.5 Å². The molecule has 0 aromatic heterocycles. The number of methoxy groups -OCH3 is 1. The van der Waals surface area contributed by atoms with Crippen LogP contribution < -0.4 is 4.74 Å². The fourth-order valence-electron chi connectivity index (χ4n) is 2.31. The van der Waals surface area contributed by atoms with Crippen LogP contribution in [0.2, 0.25) is 0 Å². The molecule has 0 unspecified atom stereocenters. The Bertz CT molecular complexity index is 482. The van der Waals surface area contributed by atoms with Gasteiger partial charge in [0.15, 0.2) is 0 Å². The Morgan fingerprint density at radius 1 is 1.31 bits per heavy atom. The average molecular weight is 212 g/mol. The van der Waals surface area contributed by atoms with E-state index in [0.29, 0.717) is 0 Å². The number of benzene rings is 1. The molecule has 80 valence electrons. The maximum atomic E-state index is 9.16. The van der Waals surface area contributed by atoms with Gasteiger partial charge in [-0.1, -0.05) is 12.1 Å². The van der Waals surface area contributed by atoms with Crippen molar-refractivity contribution in [3.63, 3.8) is 0 Å². The number of hydrogen-bond acceptors (Lipinski definition) is 3. The van der Waals surface area contributed by atoms with Gasteiger partial charge in [0.05, 0.1) is 31.1 Å². The largest absolute Gasteiger partial charge is 0.496 e. The van der Waals surface area contributed by atoms with Gasteiger partial charge in [-0.2, -0.15) is 10.5 Å². The third kappa shape index (κ3) is 1.51. The van der Waals surface area contributed by atoms with Crippen LogP contribution >= 0.6 is 0 Å². The van der Waals surface area contributed by atoms with E-state index in [1.54, 1.807) is 7.11 Å². The van der Waals surface area contributed by atoms with Crippen LogP contribution in [0.15, 0.2) is 18.2 Å². The molecule has 0 aliphatic heterocycles. The van der Waals surface area contributed by atoms with Crippen molar-refractivity contribution >= 4 is 0 Å². The van der Waals surface area contributed by atoms with Gasteiger partial charge in [-0.25, -0.2) is 0 Å². The molecule has 3 heteroatoms. The molecule has 0 spiro atoms. The Labute approximate surface area is 94.9 Å². The van der Waals surface area contributed by atoms with Crippen LogP contribution in [0.5, 0.6) is 5.75 Å². The first-order chi connectivity index (χ1) is 7.81. The van der Waals surface area contributed by atoms with E-state index in [0.717, 1.165) is 29.7 Å². The van der Waals surface area contributed by atoms with Crippen molar-refractivity contribution in [3.8, 4) is 17.9 Å². The minimum atomic E-state index is -0.316. The predicted molar refractivity (Wildman–Crippen MR) is 58.8 cm³/mol. The highest BCUT2D eigenvalue weighted by Gasteiger charge is 2.30. The molecule has 3 nitrogen and oxygen atoms in total. The quantitative estimate of drug-likeness (QED) is 0.718.